The molecule has 12 heavy (non-hydrogen) atoms. The Labute approximate surface area is 71.6 Å². The Morgan fingerprint density at radius 2 is 2.00 bits per heavy atom. The highest BCUT2D eigenvalue weighted by Crippen LogP contribution is 1.97. The largest absolute Gasteiger partial charge is 0.336 e. The quantitative estimate of drug-likeness (QED) is 0.715. The summed E-state index contributed by atoms with van der Waals surface area (Å²) in [4.78, 5) is 10.2. The van der Waals surface area contributed by atoms with E-state index in [0.717, 1.165) is 6.42 Å². The molecule has 3 heteroatoms. The van der Waals surface area contributed by atoms with E-state index in [1.807, 2.05) is 30.3 Å². The van der Waals surface area contributed by atoms with Crippen LogP contribution in [0.4, 0.5) is 4.79 Å². The first-order valence-electron chi connectivity index (χ1n) is 3.82. The minimum atomic E-state index is -0.717. The van der Waals surface area contributed by atoms with Crippen LogP contribution in [0.3, 0.4) is 0 Å². The van der Waals surface area contributed by atoms with Crippen molar-refractivity contribution < 1.29 is 4.79 Å². The minimum Gasteiger partial charge on any atom is -0.336 e. The molecule has 0 heterocycles. The molecule has 1 aromatic carbocycles. The molecule has 1 radical (unpaired) electrons. The van der Waals surface area contributed by atoms with Gasteiger partial charge in [0.2, 0.25) is 0 Å². The highest BCUT2D eigenvalue weighted by atomic mass is 16.2. The van der Waals surface area contributed by atoms with Crippen LogP contribution in [0.2, 0.25) is 0 Å². The van der Waals surface area contributed by atoms with E-state index in [0.29, 0.717) is 6.54 Å². The lowest BCUT2D eigenvalue weighted by molar-refractivity contribution is 0.248. The second-order valence-electron chi connectivity index (χ2n) is 2.49. The average Bonchev–Trinajstić information content (AvgIpc) is 2.05. The zero-order chi connectivity index (χ0) is 8.81. The summed E-state index contributed by atoms with van der Waals surface area (Å²) in [5.74, 6) is 0. The lowest BCUT2D eigenvalue weighted by Gasteiger charge is -2.00. The highest BCUT2D eigenvalue weighted by Gasteiger charge is 1.93. The highest BCUT2D eigenvalue weighted by molar-refractivity contribution is 5.70. The molecule has 63 valence electrons. The van der Waals surface area contributed by atoms with E-state index in [-0.39, 0.29) is 0 Å². The Balaban J connectivity index is 2.29. The lowest BCUT2D eigenvalue weighted by atomic mass is 10.1. The molecule has 1 rings (SSSR count). The summed E-state index contributed by atoms with van der Waals surface area (Å²) < 4.78 is 0. The third kappa shape index (κ3) is 3.05. The molecule has 0 aliphatic carbocycles. The van der Waals surface area contributed by atoms with E-state index in [4.69, 9.17) is 5.73 Å². The van der Waals surface area contributed by atoms with Gasteiger partial charge in [-0.2, -0.15) is 0 Å². The van der Waals surface area contributed by atoms with Crippen LogP contribution >= 0.6 is 0 Å². The van der Waals surface area contributed by atoms with Gasteiger partial charge in [-0.3, -0.25) is 0 Å². The molecule has 3 nitrogen and oxygen atoms in total. The summed E-state index contributed by atoms with van der Waals surface area (Å²) in [6, 6.07) is 9.14. The van der Waals surface area contributed by atoms with Crippen molar-refractivity contribution in [1.29, 1.82) is 0 Å². The molecule has 0 saturated carbocycles. The summed E-state index contributed by atoms with van der Waals surface area (Å²) in [5, 5.41) is 2.42. The first kappa shape index (κ1) is 8.59. The molecule has 0 unspecified atom stereocenters. The Hall–Kier alpha value is -1.51. The molecule has 0 spiro atoms. The standard InChI is InChI=1S/C9H11N2O/c10-9(12)11-7-6-8-4-2-1-3-5-8/h1-5,10H,6-7H2,(H,11,12). The Bertz CT molecular complexity index is 246. The Kier molecular flexibility index (Phi) is 3.14. The summed E-state index contributed by atoms with van der Waals surface area (Å²) in [7, 11) is 0. The molecular weight excluding hydrogens is 152 g/mol. The first-order chi connectivity index (χ1) is 5.79. The Morgan fingerprint density at radius 3 is 2.58 bits per heavy atom. The fourth-order valence-electron chi connectivity index (χ4n) is 0.965. The van der Waals surface area contributed by atoms with Crippen molar-refractivity contribution in [2.24, 2.45) is 0 Å². The monoisotopic (exact) mass is 163 g/mol. The van der Waals surface area contributed by atoms with Crippen LogP contribution in [0.15, 0.2) is 30.3 Å². The van der Waals surface area contributed by atoms with E-state index < -0.39 is 6.03 Å². The van der Waals surface area contributed by atoms with Gasteiger partial charge in [-0.25, -0.2) is 10.5 Å². The van der Waals surface area contributed by atoms with Crippen LogP contribution in [0.5, 0.6) is 0 Å². The van der Waals surface area contributed by atoms with Gasteiger partial charge in [-0.15, -0.1) is 0 Å². The fraction of sp³-hybridized carbons (Fsp3) is 0.222. The maximum absolute atomic E-state index is 10.2. The van der Waals surface area contributed by atoms with Gasteiger partial charge in [0.1, 0.15) is 0 Å². The normalized spacial score (nSPS) is 9.33. The van der Waals surface area contributed by atoms with Crippen LogP contribution in [0.1, 0.15) is 5.56 Å². The zero-order valence-corrected chi connectivity index (χ0v) is 6.71. The van der Waals surface area contributed by atoms with Crippen LogP contribution in [-0.2, 0) is 6.42 Å². The van der Waals surface area contributed by atoms with E-state index >= 15 is 0 Å². The van der Waals surface area contributed by atoms with Gasteiger partial charge >= 0.3 is 6.03 Å². The van der Waals surface area contributed by atoms with E-state index in [1.54, 1.807) is 0 Å². The molecule has 0 aliphatic heterocycles. The van der Waals surface area contributed by atoms with Crippen molar-refractivity contribution in [2.45, 2.75) is 6.42 Å². The molecule has 0 aromatic heterocycles. The molecule has 0 aliphatic rings. The summed E-state index contributed by atoms with van der Waals surface area (Å²) in [6.45, 7) is 0.534. The van der Waals surface area contributed by atoms with Crippen LogP contribution in [0, 0.1) is 0 Å². The number of benzene rings is 1. The first-order valence-corrected chi connectivity index (χ1v) is 3.82. The van der Waals surface area contributed by atoms with Crippen LogP contribution < -0.4 is 11.1 Å². The zero-order valence-electron chi connectivity index (χ0n) is 6.71. The maximum Gasteiger partial charge on any atom is 0.333 e. The number of hydrogen-bond donors (Lipinski definition) is 1. The van der Waals surface area contributed by atoms with E-state index in [9.17, 15) is 4.79 Å². The SMILES string of the molecule is [NH]C(=O)NCCc1ccccc1. The molecule has 2 N–H and O–H groups in total. The second-order valence-corrected chi connectivity index (χ2v) is 2.49. The van der Waals surface area contributed by atoms with Crippen LogP contribution in [0.25, 0.3) is 0 Å². The van der Waals surface area contributed by atoms with Crippen molar-refractivity contribution in [1.82, 2.24) is 11.1 Å². The van der Waals surface area contributed by atoms with E-state index in [1.165, 1.54) is 5.56 Å². The average molecular weight is 163 g/mol. The Morgan fingerprint density at radius 1 is 1.33 bits per heavy atom. The molecular formula is C9H11N2O. The molecule has 2 amide bonds. The molecule has 1 aromatic rings. The third-order valence-corrected chi connectivity index (χ3v) is 1.54. The van der Waals surface area contributed by atoms with Gasteiger partial charge < -0.3 is 5.32 Å². The predicted octanol–water partition coefficient (Wildman–Crippen LogP) is 1.22. The lowest BCUT2D eigenvalue weighted by Crippen LogP contribution is -2.24. The van der Waals surface area contributed by atoms with Gasteiger partial charge in [-0.05, 0) is 12.0 Å². The van der Waals surface area contributed by atoms with Crippen molar-refractivity contribution in [3.8, 4) is 0 Å². The fourth-order valence-corrected chi connectivity index (χ4v) is 0.965. The molecule has 0 fully saturated rings. The summed E-state index contributed by atoms with van der Waals surface area (Å²) in [6.07, 6.45) is 0.783. The molecule has 0 saturated heterocycles. The van der Waals surface area contributed by atoms with Crippen molar-refractivity contribution in [3.63, 3.8) is 0 Å². The van der Waals surface area contributed by atoms with Crippen molar-refractivity contribution >= 4 is 6.03 Å². The molecule has 0 bridgehead atoms. The van der Waals surface area contributed by atoms with Gasteiger partial charge in [-0.1, -0.05) is 30.3 Å². The number of amides is 2. The number of rotatable bonds is 3. The van der Waals surface area contributed by atoms with Gasteiger partial charge in [0, 0.05) is 6.54 Å². The molecule has 0 atom stereocenters. The van der Waals surface area contributed by atoms with Gasteiger partial charge in [0.25, 0.3) is 0 Å². The van der Waals surface area contributed by atoms with Crippen molar-refractivity contribution in [2.75, 3.05) is 6.54 Å². The third-order valence-electron chi connectivity index (χ3n) is 1.54. The maximum atomic E-state index is 10.2. The minimum absolute atomic E-state index is 0.534. The van der Waals surface area contributed by atoms with Gasteiger partial charge in [0.05, 0.1) is 0 Å². The number of nitrogens with one attached hydrogen (secondary N) is 2. The smallest absolute Gasteiger partial charge is 0.333 e. The summed E-state index contributed by atoms with van der Waals surface area (Å²) >= 11 is 0. The van der Waals surface area contributed by atoms with Crippen LogP contribution in [-0.4, -0.2) is 12.6 Å². The predicted molar refractivity (Wildman–Crippen MR) is 46.6 cm³/mol. The second kappa shape index (κ2) is 4.38. The topological polar surface area (TPSA) is 52.9 Å². The number of hydrogen-bond acceptors (Lipinski definition) is 1. The number of carbonyl (C=O) groups excluding carboxylic acids is 1. The summed E-state index contributed by atoms with van der Waals surface area (Å²) in [5.41, 5.74) is 7.77. The van der Waals surface area contributed by atoms with Gasteiger partial charge in [0.15, 0.2) is 0 Å². The number of urea groups is 1. The number of carbonyl (C=O) groups is 1. The van der Waals surface area contributed by atoms with Crippen molar-refractivity contribution in [3.05, 3.63) is 35.9 Å². The van der Waals surface area contributed by atoms with E-state index in [2.05, 4.69) is 5.32 Å².